The predicted octanol–water partition coefficient (Wildman–Crippen LogP) is 3.48. The van der Waals surface area contributed by atoms with Gasteiger partial charge in [-0.2, -0.15) is 0 Å². The summed E-state index contributed by atoms with van der Waals surface area (Å²) >= 11 is 0. The summed E-state index contributed by atoms with van der Waals surface area (Å²) in [6.45, 7) is 5.40. The van der Waals surface area contributed by atoms with Gasteiger partial charge in [-0.25, -0.2) is 8.78 Å². The molecule has 0 amide bonds. The number of hydrogen-bond acceptors (Lipinski definition) is 1. The Kier molecular flexibility index (Phi) is 4.64. The number of hydrogen-bond donors (Lipinski definition) is 1. The van der Waals surface area contributed by atoms with Gasteiger partial charge in [-0.1, -0.05) is 24.8 Å². The van der Waals surface area contributed by atoms with Crippen molar-refractivity contribution in [2.75, 3.05) is 0 Å². The van der Waals surface area contributed by atoms with Crippen LogP contribution in [0.25, 0.3) is 0 Å². The first-order chi connectivity index (χ1) is 8.08. The Hall–Kier alpha value is -1.90. The molecular formula is C14H15F2N. The van der Waals surface area contributed by atoms with Crippen LogP contribution in [0.4, 0.5) is 8.78 Å². The Morgan fingerprint density at radius 3 is 2.41 bits per heavy atom. The van der Waals surface area contributed by atoms with Crippen molar-refractivity contribution < 1.29 is 8.78 Å². The maximum atomic E-state index is 13.4. The molecule has 0 radical (unpaired) electrons. The molecule has 1 nitrogen and oxygen atoms in total. The van der Waals surface area contributed by atoms with Crippen molar-refractivity contribution in [3.8, 4) is 0 Å². The normalized spacial score (nSPS) is 12.6. The van der Waals surface area contributed by atoms with Gasteiger partial charge in [0, 0.05) is 17.7 Å². The maximum Gasteiger partial charge on any atom is 0.129 e. The summed E-state index contributed by atoms with van der Waals surface area (Å²) < 4.78 is 26.8. The Morgan fingerprint density at radius 1 is 1.35 bits per heavy atom. The minimum absolute atomic E-state index is 0.0301. The fourth-order valence-electron chi connectivity index (χ4n) is 1.38. The third-order valence-corrected chi connectivity index (χ3v) is 2.39. The predicted molar refractivity (Wildman–Crippen MR) is 66.3 cm³/mol. The van der Waals surface area contributed by atoms with E-state index in [9.17, 15) is 8.78 Å². The molecule has 0 aliphatic carbocycles. The average molecular weight is 235 g/mol. The average Bonchev–Trinajstić information content (AvgIpc) is 2.32. The molecular weight excluding hydrogens is 220 g/mol. The smallest absolute Gasteiger partial charge is 0.129 e. The standard InChI is InChI=1S/C14H15F2N/c1-3-10(8-11(17)4-2)9-12-13(15)6-5-7-14(12)16/h3-8H,1,9,17H2,2H3/b10-8+,11-4+. The Balaban J connectivity index is 3.04. The number of benzene rings is 1. The van der Waals surface area contributed by atoms with Crippen LogP contribution >= 0.6 is 0 Å². The van der Waals surface area contributed by atoms with E-state index in [0.717, 1.165) is 0 Å². The molecule has 0 aliphatic rings. The maximum absolute atomic E-state index is 13.4. The van der Waals surface area contributed by atoms with Crippen LogP contribution < -0.4 is 5.73 Å². The lowest BCUT2D eigenvalue weighted by molar-refractivity contribution is 0.561. The minimum Gasteiger partial charge on any atom is -0.399 e. The third kappa shape index (κ3) is 3.55. The number of nitrogens with two attached hydrogens (primary N) is 1. The van der Waals surface area contributed by atoms with Crippen LogP contribution in [0.3, 0.4) is 0 Å². The summed E-state index contributed by atoms with van der Waals surface area (Å²) in [5, 5.41) is 0. The van der Waals surface area contributed by atoms with Gasteiger partial charge in [0.05, 0.1) is 0 Å². The molecule has 0 aliphatic heterocycles. The second-order valence-corrected chi connectivity index (χ2v) is 3.59. The lowest BCUT2D eigenvalue weighted by atomic mass is 10.0. The quantitative estimate of drug-likeness (QED) is 0.794. The Bertz CT molecular complexity index is 453. The molecule has 0 heterocycles. The molecule has 0 bridgehead atoms. The van der Waals surface area contributed by atoms with Crippen LogP contribution in [0.1, 0.15) is 12.5 Å². The monoisotopic (exact) mass is 235 g/mol. The largest absolute Gasteiger partial charge is 0.399 e. The van der Waals surface area contributed by atoms with Crippen molar-refractivity contribution in [2.24, 2.45) is 5.73 Å². The highest BCUT2D eigenvalue weighted by Crippen LogP contribution is 2.17. The number of rotatable bonds is 4. The molecule has 0 fully saturated rings. The van der Waals surface area contributed by atoms with E-state index in [2.05, 4.69) is 6.58 Å². The van der Waals surface area contributed by atoms with Crippen LogP contribution in [0, 0.1) is 11.6 Å². The summed E-state index contributed by atoms with van der Waals surface area (Å²) in [6.07, 6.45) is 5.04. The highest BCUT2D eigenvalue weighted by atomic mass is 19.1. The second-order valence-electron chi connectivity index (χ2n) is 3.59. The topological polar surface area (TPSA) is 26.0 Å². The zero-order valence-electron chi connectivity index (χ0n) is 9.71. The van der Waals surface area contributed by atoms with Crippen molar-refractivity contribution in [1.82, 2.24) is 0 Å². The SMILES string of the molecule is C=C/C(=C\C(N)=C/C)Cc1c(F)cccc1F. The van der Waals surface area contributed by atoms with Gasteiger partial charge in [-0.15, -0.1) is 0 Å². The van der Waals surface area contributed by atoms with Crippen LogP contribution in [0.2, 0.25) is 0 Å². The van der Waals surface area contributed by atoms with Gasteiger partial charge in [0.1, 0.15) is 11.6 Å². The summed E-state index contributed by atoms with van der Waals surface area (Å²) in [5.74, 6) is -1.12. The van der Waals surface area contributed by atoms with Gasteiger partial charge in [-0.05, 0) is 30.7 Å². The van der Waals surface area contributed by atoms with Gasteiger partial charge in [0.2, 0.25) is 0 Å². The van der Waals surface area contributed by atoms with Crippen molar-refractivity contribution in [2.45, 2.75) is 13.3 Å². The molecule has 1 aromatic carbocycles. The summed E-state index contributed by atoms with van der Waals surface area (Å²) in [5.41, 5.74) is 6.87. The number of halogens is 2. The highest BCUT2D eigenvalue weighted by molar-refractivity contribution is 5.33. The van der Waals surface area contributed by atoms with Crippen molar-refractivity contribution >= 4 is 0 Å². The zero-order valence-corrected chi connectivity index (χ0v) is 9.71. The molecule has 2 N–H and O–H groups in total. The molecule has 0 saturated carbocycles. The van der Waals surface area contributed by atoms with Crippen LogP contribution in [0.5, 0.6) is 0 Å². The summed E-state index contributed by atoms with van der Waals surface area (Å²) in [4.78, 5) is 0. The molecule has 90 valence electrons. The van der Waals surface area contributed by atoms with E-state index in [4.69, 9.17) is 5.73 Å². The molecule has 3 heteroatoms. The lowest BCUT2D eigenvalue weighted by Crippen LogP contribution is -1.99. The molecule has 0 spiro atoms. The Morgan fingerprint density at radius 2 is 1.94 bits per heavy atom. The van der Waals surface area contributed by atoms with E-state index in [1.807, 2.05) is 0 Å². The Labute approximate surface area is 100.0 Å². The van der Waals surface area contributed by atoms with E-state index >= 15 is 0 Å². The molecule has 0 atom stereocenters. The zero-order chi connectivity index (χ0) is 12.8. The van der Waals surface area contributed by atoms with Crippen molar-refractivity contribution in [3.63, 3.8) is 0 Å². The van der Waals surface area contributed by atoms with Gasteiger partial charge in [-0.3, -0.25) is 0 Å². The highest BCUT2D eigenvalue weighted by Gasteiger charge is 2.09. The van der Waals surface area contributed by atoms with E-state index in [0.29, 0.717) is 11.3 Å². The fourth-order valence-corrected chi connectivity index (χ4v) is 1.38. The molecule has 17 heavy (non-hydrogen) atoms. The first-order valence-corrected chi connectivity index (χ1v) is 5.26. The first kappa shape index (κ1) is 13.2. The second kappa shape index (κ2) is 5.99. The molecule has 0 saturated heterocycles. The van der Waals surface area contributed by atoms with Gasteiger partial charge in [0.25, 0.3) is 0 Å². The fraction of sp³-hybridized carbons (Fsp3) is 0.143. The molecule has 1 rings (SSSR count). The lowest BCUT2D eigenvalue weighted by Gasteiger charge is -2.06. The van der Waals surface area contributed by atoms with E-state index in [-0.39, 0.29) is 12.0 Å². The molecule has 0 unspecified atom stereocenters. The van der Waals surface area contributed by atoms with E-state index < -0.39 is 11.6 Å². The van der Waals surface area contributed by atoms with Gasteiger partial charge in [0.15, 0.2) is 0 Å². The minimum atomic E-state index is -0.559. The van der Waals surface area contributed by atoms with E-state index in [1.54, 1.807) is 25.2 Å². The third-order valence-electron chi connectivity index (χ3n) is 2.39. The molecule has 0 aromatic heterocycles. The van der Waals surface area contributed by atoms with Gasteiger partial charge >= 0.3 is 0 Å². The van der Waals surface area contributed by atoms with Crippen LogP contribution in [-0.4, -0.2) is 0 Å². The van der Waals surface area contributed by atoms with Crippen LogP contribution in [0.15, 0.2) is 54.3 Å². The van der Waals surface area contributed by atoms with E-state index in [1.165, 1.54) is 18.2 Å². The molecule has 1 aromatic rings. The van der Waals surface area contributed by atoms with Gasteiger partial charge < -0.3 is 5.73 Å². The number of allylic oxidation sites excluding steroid dienone is 4. The van der Waals surface area contributed by atoms with Crippen LogP contribution in [-0.2, 0) is 6.42 Å². The van der Waals surface area contributed by atoms with Crippen molar-refractivity contribution in [1.29, 1.82) is 0 Å². The van der Waals surface area contributed by atoms with Crippen molar-refractivity contribution in [3.05, 3.63) is 71.5 Å². The first-order valence-electron chi connectivity index (χ1n) is 5.26. The summed E-state index contributed by atoms with van der Waals surface area (Å²) in [6, 6.07) is 3.81. The summed E-state index contributed by atoms with van der Waals surface area (Å²) in [7, 11) is 0.